The van der Waals surface area contributed by atoms with Crippen LogP contribution >= 0.6 is 11.6 Å². The zero-order valence-electron chi connectivity index (χ0n) is 17.5. The molecule has 0 saturated heterocycles. The number of ether oxygens (including phenoxy) is 2. The Morgan fingerprint density at radius 1 is 0.970 bits per heavy atom. The Labute approximate surface area is 195 Å². The molecule has 1 N–H and O–H groups in total. The Hall–Kier alpha value is -3.58. The molecule has 0 fully saturated rings. The second kappa shape index (κ2) is 9.92. The van der Waals surface area contributed by atoms with Gasteiger partial charge in [-0.15, -0.1) is 0 Å². The van der Waals surface area contributed by atoms with Crippen LogP contribution in [0.2, 0.25) is 5.02 Å². The fraction of sp³-hybridized carbons (Fsp3) is 0.200. The Morgan fingerprint density at radius 2 is 1.70 bits per heavy atom. The van der Waals surface area contributed by atoms with E-state index in [4.69, 9.17) is 26.2 Å². The average Bonchev–Trinajstić information content (AvgIpc) is 2.81. The number of halogens is 2. The summed E-state index contributed by atoms with van der Waals surface area (Å²) >= 11 is 6.27. The number of fused-ring (bicyclic) bond motifs is 1. The van der Waals surface area contributed by atoms with Gasteiger partial charge in [0.25, 0.3) is 5.91 Å². The molecule has 1 atom stereocenters. The Bertz CT molecular complexity index is 1180. The minimum absolute atomic E-state index is 0.00644. The first-order chi connectivity index (χ1) is 15.9. The standard InChI is InChI=1S/C25H21ClFNO5/c26-17-9-10-21(33-15-24(30)31)19(13-17)25-18-6-2-1-5-16(18)11-12-28(25)23(29)14-32-22-8-4-3-7-20(22)27/h1-10,13,25H,11-12,14-15H2,(H,30,31). The van der Waals surface area contributed by atoms with Crippen molar-refractivity contribution in [2.24, 2.45) is 0 Å². The van der Waals surface area contributed by atoms with Gasteiger partial charge in [0.2, 0.25) is 0 Å². The highest BCUT2D eigenvalue weighted by Gasteiger charge is 2.34. The van der Waals surface area contributed by atoms with Crippen LogP contribution in [0, 0.1) is 5.82 Å². The Balaban J connectivity index is 1.69. The van der Waals surface area contributed by atoms with E-state index in [0.29, 0.717) is 29.3 Å². The van der Waals surface area contributed by atoms with Crippen molar-refractivity contribution >= 4 is 23.5 Å². The molecular weight excluding hydrogens is 449 g/mol. The minimum Gasteiger partial charge on any atom is -0.482 e. The maximum absolute atomic E-state index is 13.9. The van der Waals surface area contributed by atoms with Gasteiger partial charge in [0.15, 0.2) is 24.8 Å². The second-order valence-corrected chi connectivity index (χ2v) is 7.96. The summed E-state index contributed by atoms with van der Waals surface area (Å²) in [6, 6.07) is 17.9. The fourth-order valence-corrected chi connectivity index (χ4v) is 4.14. The van der Waals surface area contributed by atoms with Gasteiger partial charge in [-0.1, -0.05) is 48.0 Å². The molecule has 1 aliphatic rings. The quantitative estimate of drug-likeness (QED) is 0.551. The number of hydrogen-bond acceptors (Lipinski definition) is 4. The van der Waals surface area contributed by atoms with Crippen LogP contribution in [0.1, 0.15) is 22.7 Å². The predicted octanol–water partition coefficient (Wildman–Crippen LogP) is 4.50. The van der Waals surface area contributed by atoms with Crippen molar-refractivity contribution in [3.05, 3.63) is 94.3 Å². The molecule has 3 aromatic rings. The third-order valence-electron chi connectivity index (χ3n) is 5.41. The van der Waals surface area contributed by atoms with E-state index in [0.717, 1.165) is 11.1 Å². The SMILES string of the molecule is O=C(O)COc1ccc(Cl)cc1C1c2ccccc2CCN1C(=O)COc1ccccc1F. The van der Waals surface area contributed by atoms with Gasteiger partial charge in [0, 0.05) is 17.1 Å². The number of para-hydroxylation sites is 1. The minimum atomic E-state index is -1.12. The van der Waals surface area contributed by atoms with Crippen molar-refractivity contribution < 1.29 is 28.6 Å². The molecule has 4 rings (SSSR count). The number of amides is 1. The van der Waals surface area contributed by atoms with Crippen molar-refractivity contribution in [3.63, 3.8) is 0 Å². The molecule has 0 spiro atoms. The second-order valence-electron chi connectivity index (χ2n) is 7.52. The zero-order chi connectivity index (χ0) is 23.4. The number of carboxylic acids is 1. The van der Waals surface area contributed by atoms with Gasteiger partial charge in [-0.25, -0.2) is 9.18 Å². The van der Waals surface area contributed by atoms with Gasteiger partial charge >= 0.3 is 5.97 Å². The molecular formula is C25H21ClFNO5. The molecule has 1 heterocycles. The summed E-state index contributed by atoms with van der Waals surface area (Å²) in [5, 5.41) is 9.49. The summed E-state index contributed by atoms with van der Waals surface area (Å²) in [7, 11) is 0. The molecule has 0 aromatic heterocycles. The highest BCUT2D eigenvalue weighted by molar-refractivity contribution is 6.30. The molecule has 0 aliphatic carbocycles. The molecule has 3 aromatic carbocycles. The van der Waals surface area contributed by atoms with Crippen LogP contribution in [-0.4, -0.2) is 41.6 Å². The molecule has 170 valence electrons. The van der Waals surface area contributed by atoms with Crippen molar-refractivity contribution in [1.29, 1.82) is 0 Å². The largest absolute Gasteiger partial charge is 0.482 e. The van der Waals surface area contributed by atoms with Gasteiger partial charge < -0.3 is 19.5 Å². The summed E-state index contributed by atoms with van der Waals surface area (Å²) in [6.45, 7) is -0.495. The Kier molecular flexibility index (Phi) is 6.79. The van der Waals surface area contributed by atoms with E-state index in [1.54, 1.807) is 35.2 Å². The van der Waals surface area contributed by atoms with E-state index in [2.05, 4.69) is 0 Å². The van der Waals surface area contributed by atoms with E-state index >= 15 is 0 Å². The van der Waals surface area contributed by atoms with Gasteiger partial charge in [0.1, 0.15) is 5.75 Å². The lowest BCUT2D eigenvalue weighted by molar-refractivity contribution is -0.139. The first-order valence-electron chi connectivity index (χ1n) is 10.3. The van der Waals surface area contributed by atoms with Gasteiger partial charge in [-0.05, 0) is 47.9 Å². The van der Waals surface area contributed by atoms with E-state index < -0.39 is 24.4 Å². The van der Waals surface area contributed by atoms with Crippen molar-refractivity contribution in [3.8, 4) is 11.5 Å². The molecule has 0 saturated carbocycles. The van der Waals surface area contributed by atoms with Crippen molar-refractivity contribution in [1.82, 2.24) is 4.90 Å². The van der Waals surface area contributed by atoms with Crippen LogP contribution in [0.25, 0.3) is 0 Å². The lowest BCUT2D eigenvalue weighted by Gasteiger charge is -2.38. The summed E-state index contributed by atoms with van der Waals surface area (Å²) in [6.07, 6.45) is 0.629. The van der Waals surface area contributed by atoms with E-state index in [9.17, 15) is 14.0 Å². The highest BCUT2D eigenvalue weighted by Crippen LogP contribution is 2.40. The Morgan fingerprint density at radius 3 is 2.48 bits per heavy atom. The number of carboxylic acid groups (broad SMARTS) is 1. The van der Waals surface area contributed by atoms with E-state index in [1.807, 2.05) is 24.3 Å². The zero-order valence-corrected chi connectivity index (χ0v) is 18.3. The van der Waals surface area contributed by atoms with Crippen LogP contribution in [0.3, 0.4) is 0 Å². The molecule has 1 aliphatic heterocycles. The highest BCUT2D eigenvalue weighted by atomic mass is 35.5. The molecule has 8 heteroatoms. The van der Waals surface area contributed by atoms with Crippen LogP contribution in [0.15, 0.2) is 66.7 Å². The average molecular weight is 470 g/mol. The summed E-state index contributed by atoms with van der Waals surface area (Å²) in [5.74, 6) is -1.71. The van der Waals surface area contributed by atoms with E-state index in [1.165, 1.54) is 12.1 Å². The first-order valence-corrected chi connectivity index (χ1v) is 10.7. The van der Waals surface area contributed by atoms with Gasteiger partial charge in [0.05, 0.1) is 6.04 Å². The summed E-state index contributed by atoms with van der Waals surface area (Å²) < 4.78 is 24.9. The maximum Gasteiger partial charge on any atom is 0.341 e. The summed E-state index contributed by atoms with van der Waals surface area (Å²) in [5.41, 5.74) is 2.51. The summed E-state index contributed by atoms with van der Waals surface area (Å²) in [4.78, 5) is 26.0. The van der Waals surface area contributed by atoms with Gasteiger partial charge in [-0.2, -0.15) is 0 Å². The number of carbonyl (C=O) groups excluding carboxylic acids is 1. The normalized spacial score (nSPS) is 15.0. The molecule has 0 radical (unpaired) electrons. The van der Waals surface area contributed by atoms with Crippen LogP contribution < -0.4 is 9.47 Å². The number of carbonyl (C=O) groups is 2. The lowest BCUT2D eigenvalue weighted by atomic mass is 9.87. The maximum atomic E-state index is 13.9. The van der Waals surface area contributed by atoms with E-state index in [-0.39, 0.29) is 18.3 Å². The van der Waals surface area contributed by atoms with Crippen molar-refractivity contribution in [2.45, 2.75) is 12.5 Å². The number of hydrogen-bond donors (Lipinski definition) is 1. The topological polar surface area (TPSA) is 76.1 Å². The third-order valence-corrected chi connectivity index (χ3v) is 5.64. The number of benzene rings is 3. The monoisotopic (exact) mass is 469 g/mol. The third kappa shape index (κ3) is 5.09. The van der Waals surface area contributed by atoms with Crippen LogP contribution in [0.5, 0.6) is 11.5 Å². The number of nitrogens with zero attached hydrogens (tertiary/aromatic N) is 1. The fourth-order valence-electron chi connectivity index (χ4n) is 3.96. The molecule has 33 heavy (non-hydrogen) atoms. The molecule has 6 nitrogen and oxygen atoms in total. The number of aliphatic carboxylic acids is 1. The van der Waals surface area contributed by atoms with Crippen LogP contribution in [0.4, 0.5) is 4.39 Å². The van der Waals surface area contributed by atoms with Crippen LogP contribution in [-0.2, 0) is 16.0 Å². The molecule has 1 unspecified atom stereocenters. The van der Waals surface area contributed by atoms with Crippen molar-refractivity contribution in [2.75, 3.05) is 19.8 Å². The smallest absolute Gasteiger partial charge is 0.341 e. The molecule has 0 bridgehead atoms. The number of rotatable bonds is 7. The lowest BCUT2D eigenvalue weighted by Crippen LogP contribution is -2.43. The molecule has 1 amide bonds. The van der Waals surface area contributed by atoms with Gasteiger partial charge in [-0.3, -0.25) is 4.79 Å². The first kappa shape index (κ1) is 22.6. The predicted molar refractivity (Wildman–Crippen MR) is 120 cm³/mol.